The van der Waals surface area contributed by atoms with Gasteiger partial charge in [0.2, 0.25) is 0 Å². The van der Waals surface area contributed by atoms with E-state index in [9.17, 15) is 14.4 Å². The summed E-state index contributed by atoms with van der Waals surface area (Å²) in [6.45, 7) is 3.72. The molecule has 1 saturated heterocycles. The predicted octanol–water partition coefficient (Wildman–Crippen LogP) is 4.98. The fourth-order valence-corrected chi connectivity index (χ4v) is 5.58. The summed E-state index contributed by atoms with van der Waals surface area (Å²) in [5.41, 5.74) is 0.113. The Kier molecular flexibility index (Phi) is 7.03. The number of thiocarbonyl (C=S) groups is 1. The van der Waals surface area contributed by atoms with Crippen molar-refractivity contribution in [3.8, 4) is 0 Å². The molecule has 1 aromatic carbocycles. The number of amides is 2. The Bertz CT molecular complexity index is 797. The lowest BCUT2D eigenvalue weighted by molar-refractivity contribution is -0.119. The highest BCUT2D eigenvalue weighted by molar-refractivity contribution is 8.24. The molecule has 1 aliphatic carbocycles. The molecule has 1 atom stereocenters. The van der Waals surface area contributed by atoms with Crippen LogP contribution in [-0.2, 0) is 0 Å². The van der Waals surface area contributed by atoms with E-state index in [1.54, 1.807) is 6.07 Å². The summed E-state index contributed by atoms with van der Waals surface area (Å²) in [5.74, 6) is -0.522. The summed E-state index contributed by atoms with van der Waals surface area (Å²) in [6, 6.07) is 3.79. The standard InChI is InChI=1S/C19H24ClFN4O2S2/c1-19(2)16(25(27)17(26)23-12-7-4-3-5-8-12)24(18(28)29-19)22-11-13-14(20)9-6-10-15(13)21/h6,9-12,16,27H,3-5,7-8H2,1-2H3,(H,23,26). The van der Waals surface area contributed by atoms with Gasteiger partial charge in [0.25, 0.3) is 0 Å². The molecule has 158 valence electrons. The number of hydrogen-bond donors (Lipinski definition) is 2. The molecule has 2 N–H and O–H groups in total. The molecule has 2 fully saturated rings. The predicted molar refractivity (Wildman–Crippen MR) is 118 cm³/mol. The van der Waals surface area contributed by atoms with E-state index in [4.69, 9.17) is 23.8 Å². The zero-order valence-electron chi connectivity index (χ0n) is 16.3. The molecule has 6 nitrogen and oxygen atoms in total. The first-order chi connectivity index (χ1) is 13.7. The molecule has 3 rings (SSSR count). The van der Waals surface area contributed by atoms with E-state index in [2.05, 4.69) is 10.4 Å². The van der Waals surface area contributed by atoms with E-state index in [1.165, 1.54) is 35.1 Å². The SMILES string of the molecule is CC1(C)SC(=S)N(N=Cc2c(F)cccc2Cl)C1N(O)C(=O)NC1CCCCC1. The number of halogens is 2. The zero-order valence-corrected chi connectivity index (χ0v) is 18.7. The Morgan fingerprint density at radius 2 is 2.14 bits per heavy atom. The van der Waals surface area contributed by atoms with Crippen molar-refractivity contribution in [3.05, 3.63) is 34.6 Å². The van der Waals surface area contributed by atoms with Crippen LogP contribution in [0.2, 0.25) is 5.02 Å². The van der Waals surface area contributed by atoms with Crippen LogP contribution in [0.4, 0.5) is 9.18 Å². The molecule has 10 heteroatoms. The highest BCUT2D eigenvalue weighted by Gasteiger charge is 2.50. The number of hydrazone groups is 1. The van der Waals surface area contributed by atoms with Gasteiger partial charge >= 0.3 is 6.03 Å². The Morgan fingerprint density at radius 1 is 1.45 bits per heavy atom. The van der Waals surface area contributed by atoms with Crippen molar-refractivity contribution in [1.29, 1.82) is 0 Å². The number of nitrogens with one attached hydrogen (secondary N) is 1. The number of urea groups is 1. The number of carbonyl (C=O) groups excluding carboxylic acids is 1. The molecule has 1 heterocycles. The maximum Gasteiger partial charge on any atom is 0.343 e. The van der Waals surface area contributed by atoms with Gasteiger partial charge in [0.1, 0.15) is 5.82 Å². The summed E-state index contributed by atoms with van der Waals surface area (Å²) in [7, 11) is 0. The minimum absolute atomic E-state index is 0.0455. The van der Waals surface area contributed by atoms with Crippen molar-refractivity contribution in [2.24, 2.45) is 5.10 Å². The first-order valence-corrected chi connectivity index (χ1v) is 11.1. The van der Waals surface area contributed by atoms with E-state index in [0.29, 0.717) is 9.38 Å². The summed E-state index contributed by atoms with van der Waals surface area (Å²) in [6.07, 6.45) is 5.48. The number of thioether (sulfide) groups is 1. The van der Waals surface area contributed by atoms with Crippen LogP contribution in [0.25, 0.3) is 0 Å². The molecule has 0 aromatic heterocycles. The second-order valence-electron chi connectivity index (χ2n) is 7.70. The average molecular weight is 459 g/mol. The number of rotatable bonds is 4. The largest absolute Gasteiger partial charge is 0.343 e. The number of hydrogen-bond acceptors (Lipinski definition) is 5. The normalized spacial score (nSPS) is 22.3. The smallest absolute Gasteiger partial charge is 0.333 e. The number of carbonyl (C=O) groups is 1. The van der Waals surface area contributed by atoms with E-state index in [1.807, 2.05) is 13.8 Å². The van der Waals surface area contributed by atoms with E-state index in [0.717, 1.165) is 32.1 Å². The molecule has 0 radical (unpaired) electrons. The van der Waals surface area contributed by atoms with Gasteiger partial charge in [0.05, 0.1) is 16.0 Å². The molecule has 1 saturated carbocycles. The fourth-order valence-electron chi connectivity index (χ4n) is 3.58. The molecular formula is C19H24ClFN4O2S2. The van der Waals surface area contributed by atoms with Crippen LogP contribution in [0.5, 0.6) is 0 Å². The van der Waals surface area contributed by atoms with Crippen LogP contribution in [0, 0.1) is 5.82 Å². The van der Waals surface area contributed by atoms with Crippen molar-refractivity contribution >= 4 is 52.1 Å². The summed E-state index contributed by atoms with van der Waals surface area (Å²) in [4.78, 5) is 12.7. The number of hydroxylamine groups is 2. The minimum Gasteiger partial charge on any atom is -0.333 e. The van der Waals surface area contributed by atoms with Gasteiger partial charge in [-0.2, -0.15) is 10.2 Å². The van der Waals surface area contributed by atoms with Crippen LogP contribution in [-0.4, -0.2) is 48.8 Å². The maximum absolute atomic E-state index is 14.1. The molecule has 0 spiro atoms. The third-order valence-electron chi connectivity index (χ3n) is 5.07. The van der Waals surface area contributed by atoms with Crippen molar-refractivity contribution in [1.82, 2.24) is 15.4 Å². The monoisotopic (exact) mass is 458 g/mol. The maximum atomic E-state index is 14.1. The molecule has 2 aliphatic rings. The number of benzene rings is 1. The van der Waals surface area contributed by atoms with Crippen LogP contribution < -0.4 is 5.32 Å². The summed E-state index contributed by atoms with van der Waals surface area (Å²) >= 11 is 12.8. The van der Waals surface area contributed by atoms with Crippen molar-refractivity contribution in [3.63, 3.8) is 0 Å². The first-order valence-electron chi connectivity index (χ1n) is 9.49. The third kappa shape index (κ3) is 5.02. The molecule has 1 aromatic rings. The zero-order chi connectivity index (χ0) is 21.2. The highest BCUT2D eigenvalue weighted by atomic mass is 35.5. The average Bonchev–Trinajstić information content (AvgIpc) is 2.89. The van der Waals surface area contributed by atoms with Gasteiger partial charge in [-0.3, -0.25) is 5.21 Å². The van der Waals surface area contributed by atoms with Gasteiger partial charge in [0, 0.05) is 11.6 Å². The topological polar surface area (TPSA) is 68.2 Å². The minimum atomic E-state index is -0.856. The van der Waals surface area contributed by atoms with Gasteiger partial charge < -0.3 is 5.32 Å². The van der Waals surface area contributed by atoms with E-state index in [-0.39, 0.29) is 16.6 Å². The van der Waals surface area contributed by atoms with Gasteiger partial charge in [-0.05, 0) is 38.8 Å². The lowest BCUT2D eigenvalue weighted by atomic mass is 9.96. The lowest BCUT2D eigenvalue weighted by Gasteiger charge is -2.35. The first kappa shape index (κ1) is 22.3. The second kappa shape index (κ2) is 9.16. The number of nitrogens with zero attached hydrogens (tertiary/aromatic N) is 3. The third-order valence-corrected chi connectivity index (χ3v) is 6.94. The van der Waals surface area contributed by atoms with Gasteiger partial charge in [-0.1, -0.05) is 60.9 Å². The molecule has 1 unspecified atom stereocenters. The van der Waals surface area contributed by atoms with Crippen molar-refractivity contribution in [2.45, 2.75) is 62.9 Å². The molecule has 29 heavy (non-hydrogen) atoms. The molecular weight excluding hydrogens is 435 g/mol. The van der Waals surface area contributed by atoms with Crippen LogP contribution in [0.15, 0.2) is 23.3 Å². The van der Waals surface area contributed by atoms with E-state index < -0.39 is 22.8 Å². The highest BCUT2D eigenvalue weighted by Crippen LogP contribution is 2.42. The quantitative estimate of drug-likeness (QED) is 0.288. The fraction of sp³-hybridized carbons (Fsp3) is 0.526. The Morgan fingerprint density at radius 3 is 2.79 bits per heavy atom. The molecule has 1 aliphatic heterocycles. The van der Waals surface area contributed by atoms with Gasteiger partial charge in [-0.15, -0.1) is 0 Å². The van der Waals surface area contributed by atoms with Crippen LogP contribution in [0.3, 0.4) is 0 Å². The Balaban J connectivity index is 1.80. The molecule has 2 amide bonds. The van der Waals surface area contributed by atoms with Crippen molar-refractivity contribution in [2.75, 3.05) is 0 Å². The van der Waals surface area contributed by atoms with Gasteiger partial charge in [0.15, 0.2) is 10.5 Å². The molecule has 0 bridgehead atoms. The van der Waals surface area contributed by atoms with E-state index >= 15 is 0 Å². The lowest BCUT2D eigenvalue weighted by Crippen LogP contribution is -2.57. The second-order valence-corrected chi connectivity index (χ2v) is 10.4. The Labute approximate surface area is 184 Å². The Hall–Kier alpha value is -1.42. The van der Waals surface area contributed by atoms with Gasteiger partial charge in [-0.25, -0.2) is 14.2 Å². The summed E-state index contributed by atoms with van der Waals surface area (Å²) < 4.78 is 13.8. The van der Waals surface area contributed by atoms with Crippen LogP contribution in [0.1, 0.15) is 51.5 Å². The van der Waals surface area contributed by atoms with Crippen LogP contribution >= 0.6 is 35.6 Å². The summed E-state index contributed by atoms with van der Waals surface area (Å²) in [5, 5.41) is 20.1. The van der Waals surface area contributed by atoms with Crippen molar-refractivity contribution < 1.29 is 14.4 Å².